The standard InChI is InChI=1S/C26H31N3O4/c30-23-12-11-22(27-26(32)19-7-3-1-4-8-19)25-20-13-18(15-29(23)25)14-28(16-20)24(31)17-33-21-9-5-2-6-10-21/h2,5-6,9-12,18-20H,1,3-4,7-8,13-17H2,(H,27,32)/t18-,20+/m0/s1. The molecule has 7 nitrogen and oxygen atoms in total. The monoisotopic (exact) mass is 449 g/mol. The van der Waals surface area contributed by atoms with E-state index >= 15 is 0 Å². The number of piperidine rings is 1. The molecule has 174 valence electrons. The van der Waals surface area contributed by atoms with Crippen LogP contribution in [0.15, 0.2) is 47.3 Å². The van der Waals surface area contributed by atoms with Crippen molar-refractivity contribution < 1.29 is 14.3 Å². The molecule has 3 aliphatic rings. The molecule has 2 amide bonds. The molecule has 7 heteroatoms. The van der Waals surface area contributed by atoms with Crippen LogP contribution in [0.3, 0.4) is 0 Å². The second-order valence-electron chi connectivity index (χ2n) is 9.60. The summed E-state index contributed by atoms with van der Waals surface area (Å²) in [6.07, 6.45) is 6.15. The number of pyridine rings is 1. The second kappa shape index (κ2) is 9.41. The molecule has 1 N–H and O–H groups in total. The molecule has 1 saturated carbocycles. The number of anilines is 1. The fourth-order valence-electron chi connectivity index (χ4n) is 5.68. The maximum absolute atomic E-state index is 12.9. The molecule has 2 atom stereocenters. The number of rotatable bonds is 5. The van der Waals surface area contributed by atoms with Crippen molar-refractivity contribution in [3.8, 4) is 5.75 Å². The van der Waals surface area contributed by atoms with Crippen molar-refractivity contribution in [2.45, 2.75) is 51.0 Å². The van der Waals surface area contributed by atoms with Crippen LogP contribution in [-0.4, -0.2) is 41.0 Å². The van der Waals surface area contributed by atoms with E-state index in [2.05, 4.69) is 5.32 Å². The summed E-state index contributed by atoms with van der Waals surface area (Å²) in [4.78, 5) is 40.4. The quantitative estimate of drug-likeness (QED) is 0.759. The lowest BCUT2D eigenvalue weighted by Gasteiger charge is -2.43. The fourth-order valence-corrected chi connectivity index (χ4v) is 5.68. The van der Waals surface area contributed by atoms with Gasteiger partial charge >= 0.3 is 0 Å². The number of benzene rings is 1. The SMILES string of the molecule is O=C(Nc1ccc(=O)n2c1[C@@H]1C[C@@H](CN(C(=O)COc3ccccc3)C1)C2)C1CCCCC1. The normalized spacial score (nSPS) is 22.4. The molecule has 2 aromatic rings. The molecule has 3 heterocycles. The zero-order valence-electron chi connectivity index (χ0n) is 18.9. The Morgan fingerprint density at radius 3 is 2.55 bits per heavy atom. The van der Waals surface area contributed by atoms with Crippen LogP contribution in [0.4, 0.5) is 5.69 Å². The van der Waals surface area contributed by atoms with Crippen LogP contribution in [0, 0.1) is 11.8 Å². The fraction of sp³-hybridized carbons (Fsp3) is 0.500. The molecular formula is C26H31N3O4. The Labute approximate surface area is 193 Å². The predicted molar refractivity (Wildman–Crippen MR) is 125 cm³/mol. The van der Waals surface area contributed by atoms with E-state index in [1.807, 2.05) is 39.8 Å². The minimum absolute atomic E-state index is 0.00365. The number of carbonyl (C=O) groups is 2. The van der Waals surface area contributed by atoms with E-state index < -0.39 is 0 Å². The van der Waals surface area contributed by atoms with E-state index in [1.165, 1.54) is 6.42 Å². The molecule has 5 rings (SSSR count). The van der Waals surface area contributed by atoms with Crippen LogP contribution < -0.4 is 15.6 Å². The van der Waals surface area contributed by atoms with E-state index in [0.29, 0.717) is 25.4 Å². The van der Waals surface area contributed by atoms with Gasteiger partial charge in [0.1, 0.15) is 5.75 Å². The largest absolute Gasteiger partial charge is 0.484 e. The van der Waals surface area contributed by atoms with Gasteiger partial charge < -0.3 is 19.5 Å². The first-order chi connectivity index (χ1) is 16.1. The number of aromatic nitrogens is 1. The molecule has 1 aromatic heterocycles. The van der Waals surface area contributed by atoms with Crippen molar-refractivity contribution in [2.24, 2.45) is 11.8 Å². The summed E-state index contributed by atoms with van der Waals surface area (Å²) >= 11 is 0. The number of amides is 2. The van der Waals surface area contributed by atoms with Crippen LogP contribution in [0.1, 0.15) is 50.1 Å². The lowest BCUT2D eigenvalue weighted by molar-refractivity contribution is -0.136. The minimum atomic E-state index is -0.0481. The van der Waals surface area contributed by atoms with Crippen molar-refractivity contribution in [1.29, 1.82) is 0 Å². The highest BCUT2D eigenvalue weighted by atomic mass is 16.5. The number of nitrogens with zero attached hydrogens (tertiary/aromatic N) is 2. The molecule has 0 unspecified atom stereocenters. The van der Waals surface area contributed by atoms with Crippen LogP contribution in [0.25, 0.3) is 0 Å². The zero-order valence-corrected chi connectivity index (χ0v) is 18.9. The van der Waals surface area contributed by atoms with Gasteiger partial charge in [-0.3, -0.25) is 14.4 Å². The van der Waals surface area contributed by atoms with Gasteiger partial charge in [0.2, 0.25) is 5.91 Å². The van der Waals surface area contributed by atoms with Gasteiger partial charge in [-0.1, -0.05) is 37.5 Å². The van der Waals surface area contributed by atoms with E-state index in [9.17, 15) is 14.4 Å². The lowest BCUT2D eigenvalue weighted by atomic mass is 9.82. The third-order valence-corrected chi connectivity index (χ3v) is 7.28. The Kier molecular flexibility index (Phi) is 6.20. The molecule has 2 aliphatic heterocycles. The first kappa shape index (κ1) is 21.7. The molecule has 33 heavy (non-hydrogen) atoms. The van der Waals surface area contributed by atoms with Crippen LogP contribution >= 0.6 is 0 Å². The number of likely N-dealkylation sites (tertiary alicyclic amines) is 1. The van der Waals surface area contributed by atoms with Gasteiger partial charge in [0, 0.05) is 43.2 Å². The van der Waals surface area contributed by atoms with E-state index in [0.717, 1.165) is 43.5 Å². The second-order valence-corrected chi connectivity index (χ2v) is 9.60. The minimum Gasteiger partial charge on any atom is -0.484 e. The van der Waals surface area contributed by atoms with E-state index in [1.54, 1.807) is 12.1 Å². The summed E-state index contributed by atoms with van der Waals surface area (Å²) in [7, 11) is 0. The topological polar surface area (TPSA) is 80.6 Å². The molecule has 0 spiro atoms. The molecule has 0 radical (unpaired) electrons. The Hall–Kier alpha value is -3.09. The average molecular weight is 450 g/mol. The third-order valence-electron chi connectivity index (χ3n) is 7.28. The number of fused-ring (bicyclic) bond motifs is 4. The van der Waals surface area contributed by atoms with Crippen molar-refractivity contribution in [3.63, 3.8) is 0 Å². The number of hydrogen-bond acceptors (Lipinski definition) is 4. The molecule has 2 fully saturated rings. The first-order valence-corrected chi connectivity index (χ1v) is 12.1. The number of para-hydroxylation sites is 1. The Balaban J connectivity index is 1.32. The van der Waals surface area contributed by atoms with E-state index in [-0.39, 0.29) is 41.7 Å². The predicted octanol–water partition coefficient (Wildman–Crippen LogP) is 3.39. The van der Waals surface area contributed by atoms with Crippen LogP contribution in [-0.2, 0) is 16.1 Å². The molecule has 1 aromatic carbocycles. The van der Waals surface area contributed by atoms with Gasteiger partial charge in [0.05, 0.1) is 5.69 Å². The lowest BCUT2D eigenvalue weighted by Crippen LogP contribution is -2.50. The summed E-state index contributed by atoms with van der Waals surface area (Å²) < 4.78 is 7.49. The summed E-state index contributed by atoms with van der Waals surface area (Å²) in [5.41, 5.74) is 1.55. The van der Waals surface area contributed by atoms with Crippen LogP contribution in [0.5, 0.6) is 5.75 Å². The number of carbonyl (C=O) groups excluding carboxylic acids is 2. The molecule has 1 aliphatic carbocycles. The van der Waals surface area contributed by atoms with Gasteiger partial charge in [-0.15, -0.1) is 0 Å². The Morgan fingerprint density at radius 1 is 0.970 bits per heavy atom. The van der Waals surface area contributed by atoms with Gasteiger partial charge in [0.15, 0.2) is 6.61 Å². The Bertz CT molecular complexity index is 1070. The van der Waals surface area contributed by atoms with Gasteiger partial charge in [-0.2, -0.15) is 0 Å². The zero-order chi connectivity index (χ0) is 22.8. The molecule has 1 saturated heterocycles. The maximum atomic E-state index is 12.9. The molecule has 2 bridgehead atoms. The summed E-state index contributed by atoms with van der Waals surface area (Å²) in [5, 5.41) is 3.13. The third kappa shape index (κ3) is 4.68. The summed E-state index contributed by atoms with van der Waals surface area (Å²) in [5.74, 6) is 0.967. The first-order valence-electron chi connectivity index (χ1n) is 12.1. The van der Waals surface area contributed by atoms with Crippen molar-refractivity contribution >= 4 is 17.5 Å². The van der Waals surface area contributed by atoms with Crippen molar-refractivity contribution in [2.75, 3.05) is 25.0 Å². The number of nitrogens with one attached hydrogen (secondary N) is 1. The van der Waals surface area contributed by atoms with E-state index in [4.69, 9.17) is 4.74 Å². The smallest absolute Gasteiger partial charge is 0.260 e. The molecular weight excluding hydrogens is 418 g/mol. The summed E-state index contributed by atoms with van der Waals surface area (Å²) in [6, 6.07) is 12.6. The average Bonchev–Trinajstić information content (AvgIpc) is 2.85. The van der Waals surface area contributed by atoms with Crippen molar-refractivity contribution in [1.82, 2.24) is 9.47 Å². The van der Waals surface area contributed by atoms with Crippen LogP contribution in [0.2, 0.25) is 0 Å². The highest BCUT2D eigenvalue weighted by Crippen LogP contribution is 2.39. The van der Waals surface area contributed by atoms with Crippen molar-refractivity contribution in [3.05, 3.63) is 58.5 Å². The number of ether oxygens (including phenoxy) is 1. The highest BCUT2D eigenvalue weighted by molar-refractivity contribution is 5.93. The van der Waals surface area contributed by atoms with Gasteiger partial charge in [-0.05, 0) is 43.4 Å². The van der Waals surface area contributed by atoms with Gasteiger partial charge in [-0.25, -0.2) is 0 Å². The maximum Gasteiger partial charge on any atom is 0.260 e. The number of hydrogen-bond donors (Lipinski definition) is 1. The highest BCUT2D eigenvalue weighted by Gasteiger charge is 2.38. The Morgan fingerprint density at radius 2 is 1.76 bits per heavy atom. The summed E-state index contributed by atoms with van der Waals surface area (Å²) in [6.45, 7) is 1.72. The van der Waals surface area contributed by atoms with Gasteiger partial charge in [0.25, 0.3) is 11.5 Å².